The van der Waals surface area contributed by atoms with Gasteiger partial charge in [-0.3, -0.25) is 24.0 Å². The van der Waals surface area contributed by atoms with Gasteiger partial charge in [0.25, 0.3) is 11.8 Å². The SMILES string of the molecule is C=CN1C[C@H](C(=O)N[C@]2(C(C)C)O[C@]3(O)N(C2=O)[C@@](C)(CC(C)C)C(=O)N2CCC[C@]23C)C=C2C[C@@H]1Cc1c(Br)[nH]c3cccc2c13. The fourth-order valence-corrected chi connectivity index (χ4v) is 9.81. The van der Waals surface area contributed by atoms with Gasteiger partial charge in [0, 0.05) is 36.0 Å². The highest BCUT2D eigenvalue weighted by molar-refractivity contribution is 9.10. The summed E-state index contributed by atoms with van der Waals surface area (Å²) in [5.41, 5.74) is -0.0241. The number of halogens is 1. The first-order valence-corrected chi connectivity index (χ1v) is 17.7. The molecule has 3 saturated heterocycles. The van der Waals surface area contributed by atoms with E-state index in [0.717, 1.165) is 39.5 Å². The summed E-state index contributed by atoms with van der Waals surface area (Å²) in [6.45, 7) is 16.1. The van der Waals surface area contributed by atoms with Crippen molar-refractivity contribution < 1.29 is 24.2 Å². The Morgan fingerprint density at radius 1 is 1.21 bits per heavy atom. The van der Waals surface area contributed by atoms with Crippen LogP contribution in [0.15, 0.2) is 41.7 Å². The summed E-state index contributed by atoms with van der Waals surface area (Å²) in [6, 6.07) is 6.26. The normalized spacial score (nSPS) is 34.9. The zero-order valence-corrected chi connectivity index (χ0v) is 29.7. The number of carbonyl (C=O) groups is 3. The molecule has 5 aliphatic rings. The summed E-state index contributed by atoms with van der Waals surface area (Å²) in [5, 5.41) is 16.8. The maximum Gasteiger partial charge on any atom is 0.281 e. The van der Waals surface area contributed by atoms with Crippen LogP contribution in [-0.4, -0.2) is 84.4 Å². The van der Waals surface area contributed by atoms with Crippen LogP contribution in [0.25, 0.3) is 16.5 Å². The van der Waals surface area contributed by atoms with Crippen LogP contribution < -0.4 is 5.32 Å². The molecule has 2 bridgehead atoms. The Morgan fingerprint density at radius 3 is 2.64 bits per heavy atom. The molecule has 11 heteroatoms. The number of hydrogen-bond acceptors (Lipinski definition) is 6. The smallest absolute Gasteiger partial charge is 0.281 e. The summed E-state index contributed by atoms with van der Waals surface area (Å²) in [4.78, 5) is 52.2. The summed E-state index contributed by atoms with van der Waals surface area (Å²) in [7, 11) is 0. The minimum Gasteiger partial charge on any atom is -0.373 e. The minimum absolute atomic E-state index is 0.0492. The third-order valence-corrected chi connectivity index (χ3v) is 12.2. The highest BCUT2D eigenvalue weighted by Crippen LogP contribution is 2.56. The van der Waals surface area contributed by atoms with Crippen LogP contribution >= 0.6 is 15.9 Å². The molecule has 252 valence electrons. The first-order chi connectivity index (χ1) is 22.1. The number of piperazine rings is 1. The van der Waals surface area contributed by atoms with Crippen molar-refractivity contribution in [2.75, 3.05) is 13.1 Å². The van der Waals surface area contributed by atoms with Crippen LogP contribution in [0.3, 0.4) is 0 Å². The van der Waals surface area contributed by atoms with E-state index in [1.807, 2.05) is 26.0 Å². The van der Waals surface area contributed by atoms with Gasteiger partial charge in [-0.2, -0.15) is 0 Å². The molecule has 1 aliphatic carbocycles. The molecule has 5 heterocycles. The van der Waals surface area contributed by atoms with Gasteiger partial charge in [0.2, 0.25) is 17.5 Å². The Labute approximate surface area is 284 Å². The molecule has 10 nitrogen and oxygen atoms in total. The number of rotatable bonds is 6. The Bertz CT molecular complexity index is 1730. The number of aromatic amines is 1. The van der Waals surface area contributed by atoms with Crippen molar-refractivity contribution in [1.82, 2.24) is 25.0 Å². The predicted octanol–water partition coefficient (Wildman–Crippen LogP) is 4.88. The largest absolute Gasteiger partial charge is 0.373 e. The quantitative estimate of drug-likeness (QED) is 0.394. The van der Waals surface area contributed by atoms with Gasteiger partial charge in [0.15, 0.2) is 0 Å². The Kier molecular flexibility index (Phi) is 7.36. The number of nitrogens with one attached hydrogen (secondary N) is 2. The second-order valence-corrected chi connectivity index (χ2v) is 16.1. The molecule has 2 aromatic rings. The van der Waals surface area contributed by atoms with E-state index in [-0.39, 0.29) is 23.8 Å². The fraction of sp³-hybridized carbons (Fsp3) is 0.583. The van der Waals surface area contributed by atoms with Crippen molar-refractivity contribution in [2.24, 2.45) is 17.8 Å². The third kappa shape index (κ3) is 4.31. The van der Waals surface area contributed by atoms with E-state index in [1.54, 1.807) is 38.8 Å². The molecule has 47 heavy (non-hydrogen) atoms. The van der Waals surface area contributed by atoms with Gasteiger partial charge in [-0.05, 0) is 96.8 Å². The van der Waals surface area contributed by atoms with E-state index in [9.17, 15) is 19.5 Å². The number of fused-ring (bicyclic) bond motifs is 6. The first kappa shape index (κ1) is 32.4. The van der Waals surface area contributed by atoms with Crippen LogP contribution in [-0.2, 0) is 25.5 Å². The van der Waals surface area contributed by atoms with Crippen LogP contribution in [0.4, 0.5) is 0 Å². The van der Waals surface area contributed by atoms with Gasteiger partial charge in [0.1, 0.15) is 11.1 Å². The summed E-state index contributed by atoms with van der Waals surface area (Å²) in [6.07, 6.45) is 6.81. The van der Waals surface area contributed by atoms with Gasteiger partial charge in [-0.15, -0.1) is 0 Å². The van der Waals surface area contributed by atoms with Crippen molar-refractivity contribution >= 4 is 50.1 Å². The topological polar surface area (TPSA) is 118 Å². The van der Waals surface area contributed by atoms with Crippen molar-refractivity contribution in [2.45, 2.75) is 102 Å². The van der Waals surface area contributed by atoms with Crippen LogP contribution in [0.5, 0.6) is 0 Å². The van der Waals surface area contributed by atoms with E-state index in [1.165, 1.54) is 10.5 Å². The number of aliphatic hydroxyl groups is 1. The van der Waals surface area contributed by atoms with Gasteiger partial charge in [-0.1, -0.05) is 52.5 Å². The zero-order valence-electron chi connectivity index (χ0n) is 28.2. The standard InChI is InChI=1S/C36H46BrN5O5/c1-8-40-19-23(15-22-16-24(40)17-26-28-25(22)11-9-12-27(28)38-29(26)37)30(43)39-35(21(4)5)32(45)42-33(6,18-20(2)3)31(44)41-14-10-13-34(41,7)36(42,46)47-35/h8-9,11-12,15,20-21,23-24,38,46H,1,10,13-14,16-19H2,2-7H3,(H,39,43)/t23-,24-,33+,34+,35-,36+/m1/s1. The lowest BCUT2D eigenvalue weighted by Gasteiger charge is -2.59. The predicted molar refractivity (Wildman–Crippen MR) is 182 cm³/mol. The lowest BCUT2D eigenvalue weighted by molar-refractivity contribution is -0.355. The van der Waals surface area contributed by atoms with Crippen molar-refractivity contribution in [1.29, 1.82) is 0 Å². The maximum atomic E-state index is 14.9. The molecule has 0 spiro atoms. The number of H-pyrrole nitrogens is 1. The third-order valence-electron chi connectivity index (χ3n) is 11.6. The summed E-state index contributed by atoms with van der Waals surface area (Å²) < 4.78 is 7.61. The fourth-order valence-electron chi connectivity index (χ4n) is 9.24. The van der Waals surface area contributed by atoms with Gasteiger partial charge in [-0.25, -0.2) is 0 Å². The number of amides is 3. The van der Waals surface area contributed by atoms with E-state index < -0.39 is 40.5 Å². The molecule has 4 aliphatic heterocycles. The molecule has 0 unspecified atom stereocenters. The highest BCUT2D eigenvalue weighted by Gasteiger charge is 2.78. The monoisotopic (exact) mass is 707 g/mol. The Morgan fingerprint density at radius 2 is 1.96 bits per heavy atom. The zero-order chi connectivity index (χ0) is 33.8. The van der Waals surface area contributed by atoms with Crippen molar-refractivity contribution in [3.63, 3.8) is 0 Å². The van der Waals surface area contributed by atoms with Crippen LogP contribution in [0.2, 0.25) is 0 Å². The number of aromatic nitrogens is 1. The summed E-state index contributed by atoms with van der Waals surface area (Å²) >= 11 is 3.74. The molecule has 6 atom stereocenters. The average Bonchev–Trinajstić information content (AvgIpc) is 3.53. The van der Waals surface area contributed by atoms with Gasteiger partial charge in [0.05, 0.1) is 10.5 Å². The van der Waals surface area contributed by atoms with E-state index in [4.69, 9.17) is 4.74 Å². The van der Waals surface area contributed by atoms with E-state index >= 15 is 0 Å². The number of benzene rings is 1. The second kappa shape index (κ2) is 10.7. The Hall–Kier alpha value is -3.15. The molecule has 1 aromatic carbocycles. The molecule has 3 N–H and O–H groups in total. The minimum atomic E-state index is -2.13. The average molecular weight is 709 g/mol. The number of carbonyl (C=O) groups excluding carboxylic acids is 3. The lowest BCUT2D eigenvalue weighted by Crippen LogP contribution is -2.80. The molecular formula is C36H46BrN5O5. The van der Waals surface area contributed by atoms with E-state index in [2.05, 4.69) is 49.8 Å². The van der Waals surface area contributed by atoms with Gasteiger partial charge >= 0.3 is 0 Å². The maximum absolute atomic E-state index is 14.9. The molecular weight excluding hydrogens is 662 g/mol. The lowest BCUT2D eigenvalue weighted by atomic mass is 9.78. The Balaban J connectivity index is 1.31. The first-order valence-electron chi connectivity index (χ1n) is 16.9. The molecule has 0 radical (unpaired) electrons. The van der Waals surface area contributed by atoms with Crippen molar-refractivity contribution in [3.05, 3.63) is 52.8 Å². The second-order valence-electron chi connectivity index (χ2n) is 15.3. The highest BCUT2D eigenvalue weighted by atomic mass is 79.9. The molecule has 3 amide bonds. The number of ether oxygens (including phenoxy) is 1. The molecule has 1 aromatic heterocycles. The van der Waals surface area contributed by atoms with E-state index in [0.29, 0.717) is 32.4 Å². The van der Waals surface area contributed by atoms with Gasteiger partial charge < -0.3 is 25.2 Å². The summed E-state index contributed by atoms with van der Waals surface area (Å²) in [5.74, 6) is -4.45. The molecule has 0 saturated carbocycles. The van der Waals surface area contributed by atoms with Crippen LogP contribution in [0.1, 0.15) is 78.4 Å². The number of hydrogen-bond donors (Lipinski definition) is 3. The van der Waals surface area contributed by atoms with Crippen LogP contribution in [0, 0.1) is 17.8 Å². The molecule has 3 fully saturated rings. The van der Waals surface area contributed by atoms with Crippen molar-refractivity contribution in [3.8, 4) is 0 Å². The number of nitrogens with zero attached hydrogens (tertiary/aromatic N) is 3. The molecule has 7 rings (SSSR count).